The molecule has 0 fully saturated rings. The molecule has 0 saturated carbocycles. The van der Waals surface area contributed by atoms with Crippen LogP contribution in [0.3, 0.4) is 0 Å². The molecular formula is C9H20ClN2O+. The molecular weight excluding hydrogens is 188 g/mol. The van der Waals surface area contributed by atoms with E-state index >= 15 is 0 Å². The van der Waals surface area contributed by atoms with Crippen molar-refractivity contribution >= 4 is 17.5 Å². The molecule has 0 aromatic heterocycles. The van der Waals surface area contributed by atoms with Gasteiger partial charge in [-0.2, -0.15) is 0 Å². The molecule has 0 radical (unpaired) electrons. The van der Waals surface area contributed by atoms with Crippen LogP contribution in [-0.4, -0.2) is 42.4 Å². The summed E-state index contributed by atoms with van der Waals surface area (Å²) in [6, 6.07) is -0.170. The van der Waals surface area contributed by atoms with Crippen molar-refractivity contribution in [1.29, 1.82) is 0 Å². The molecule has 0 aliphatic heterocycles. The number of hydrogen-bond acceptors (Lipinski definition) is 1. The lowest BCUT2D eigenvalue weighted by Gasteiger charge is -2.24. The van der Waals surface area contributed by atoms with Gasteiger partial charge in [-0.15, -0.1) is 11.6 Å². The monoisotopic (exact) mass is 207 g/mol. The summed E-state index contributed by atoms with van der Waals surface area (Å²) in [4.78, 5) is 13.1. The van der Waals surface area contributed by atoms with Crippen molar-refractivity contribution in [3.8, 4) is 0 Å². The Labute approximate surface area is 85.4 Å². The normalized spacial score (nSPS) is 14.0. The van der Waals surface area contributed by atoms with Crippen molar-refractivity contribution in [3.05, 3.63) is 0 Å². The van der Waals surface area contributed by atoms with Gasteiger partial charge in [0, 0.05) is 14.1 Å². The molecule has 0 spiro atoms. The standard InChI is InChI=1S/C9H19ClN2O/c1-9(2,3)11-7(6-10)8(13)12(4)5/h7,11H,6H2,1-5H3/p+1. The van der Waals surface area contributed by atoms with Gasteiger partial charge >= 0.3 is 0 Å². The molecule has 0 aromatic rings. The second-order valence-electron chi connectivity index (χ2n) is 4.53. The zero-order chi connectivity index (χ0) is 10.6. The third-order valence-electron chi connectivity index (χ3n) is 1.63. The number of amides is 1. The SMILES string of the molecule is CN(C)C(=O)C(CCl)[NH2+]C(C)(C)C. The second-order valence-corrected chi connectivity index (χ2v) is 4.83. The lowest BCUT2D eigenvalue weighted by atomic mass is 10.1. The number of rotatable bonds is 3. The predicted octanol–water partition coefficient (Wildman–Crippen LogP) is 0.0439. The summed E-state index contributed by atoms with van der Waals surface area (Å²) in [6.07, 6.45) is 0. The van der Waals surface area contributed by atoms with Crippen LogP contribution in [0.1, 0.15) is 20.8 Å². The lowest BCUT2D eigenvalue weighted by Crippen LogP contribution is -3.01. The number of carbonyl (C=O) groups excluding carboxylic acids is 1. The number of hydrogen-bond donors (Lipinski definition) is 1. The Morgan fingerprint density at radius 3 is 2.15 bits per heavy atom. The number of nitrogens with two attached hydrogens (primary N) is 1. The summed E-state index contributed by atoms with van der Waals surface area (Å²) in [5, 5.41) is 2.00. The molecule has 78 valence electrons. The summed E-state index contributed by atoms with van der Waals surface area (Å²) in [5.41, 5.74) is 0.0330. The van der Waals surface area contributed by atoms with Gasteiger partial charge in [0.05, 0.1) is 11.4 Å². The third kappa shape index (κ3) is 5.11. The number of quaternary nitrogens is 1. The van der Waals surface area contributed by atoms with Crippen molar-refractivity contribution in [2.24, 2.45) is 0 Å². The molecule has 0 aliphatic rings. The van der Waals surface area contributed by atoms with Crippen molar-refractivity contribution in [2.75, 3.05) is 20.0 Å². The Bertz CT molecular complexity index is 175. The molecule has 0 rings (SSSR count). The molecule has 0 aromatic carbocycles. The van der Waals surface area contributed by atoms with Crippen LogP contribution >= 0.6 is 11.6 Å². The third-order valence-corrected chi connectivity index (χ3v) is 1.96. The molecule has 0 aliphatic carbocycles. The van der Waals surface area contributed by atoms with Crippen molar-refractivity contribution in [2.45, 2.75) is 32.4 Å². The highest BCUT2D eigenvalue weighted by molar-refractivity contribution is 6.19. The number of alkyl halides is 1. The Morgan fingerprint density at radius 2 is 1.92 bits per heavy atom. The molecule has 0 bridgehead atoms. The van der Waals surface area contributed by atoms with Crippen LogP contribution in [0.5, 0.6) is 0 Å². The first-order chi connectivity index (χ1) is 5.78. The van der Waals surface area contributed by atoms with E-state index in [2.05, 4.69) is 20.8 Å². The number of halogens is 1. The molecule has 1 amide bonds. The van der Waals surface area contributed by atoms with E-state index in [4.69, 9.17) is 11.6 Å². The summed E-state index contributed by atoms with van der Waals surface area (Å²) in [5.74, 6) is 0.429. The minimum Gasteiger partial charge on any atom is -0.344 e. The summed E-state index contributed by atoms with van der Waals surface area (Å²) in [7, 11) is 3.50. The quantitative estimate of drug-likeness (QED) is 0.653. The summed E-state index contributed by atoms with van der Waals surface area (Å²) in [6.45, 7) is 6.19. The van der Waals surface area contributed by atoms with Gasteiger partial charge in [-0.1, -0.05) is 0 Å². The van der Waals surface area contributed by atoms with Gasteiger partial charge in [0.2, 0.25) is 0 Å². The van der Waals surface area contributed by atoms with Crippen LogP contribution in [-0.2, 0) is 4.79 Å². The molecule has 3 nitrogen and oxygen atoms in total. The van der Waals surface area contributed by atoms with Crippen LogP contribution in [0, 0.1) is 0 Å². The van der Waals surface area contributed by atoms with E-state index in [0.717, 1.165) is 0 Å². The largest absolute Gasteiger partial charge is 0.344 e. The lowest BCUT2D eigenvalue weighted by molar-refractivity contribution is -0.733. The van der Waals surface area contributed by atoms with Crippen molar-refractivity contribution < 1.29 is 10.1 Å². The van der Waals surface area contributed by atoms with Crippen molar-refractivity contribution in [1.82, 2.24) is 4.90 Å². The fourth-order valence-corrected chi connectivity index (χ4v) is 1.34. The van der Waals surface area contributed by atoms with Crippen LogP contribution in [0.15, 0.2) is 0 Å². The molecule has 4 heteroatoms. The molecule has 1 atom stereocenters. The predicted molar refractivity (Wildman–Crippen MR) is 54.9 cm³/mol. The maximum atomic E-state index is 11.6. The number of nitrogens with zero attached hydrogens (tertiary/aromatic N) is 1. The Hall–Kier alpha value is -0.280. The maximum absolute atomic E-state index is 11.6. The fraction of sp³-hybridized carbons (Fsp3) is 0.889. The van der Waals surface area contributed by atoms with E-state index in [1.54, 1.807) is 19.0 Å². The highest BCUT2D eigenvalue weighted by Gasteiger charge is 2.27. The first kappa shape index (κ1) is 12.7. The number of likely N-dealkylation sites (N-methyl/N-ethyl adjacent to an activating group) is 1. The fourth-order valence-electron chi connectivity index (χ4n) is 1.12. The molecule has 0 saturated heterocycles. The average Bonchev–Trinajstić information content (AvgIpc) is 1.97. The van der Waals surface area contributed by atoms with E-state index in [1.807, 2.05) is 5.32 Å². The summed E-state index contributed by atoms with van der Waals surface area (Å²) < 4.78 is 0. The van der Waals surface area contributed by atoms with Gasteiger partial charge in [-0.25, -0.2) is 0 Å². The van der Waals surface area contributed by atoms with E-state index in [9.17, 15) is 4.79 Å². The van der Waals surface area contributed by atoms with Crippen molar-refractivity contribution in [3.63, 3.8) is 0 Å². The van der Waals surface area contributed by atoms with Gasteiger partial charge in [0.25, 0.3) is 5.91 Å². The van der Waals surface area contributed by atoms with Gasteiger partial charge < -0.3 is 10.2 Å². The minimum absolute atomic E-state index is 0.0330. The van der Waals surface area contributed by atoms with E-state index in [1.165, 1.54) is 0 Å². The minimum atomic E-state index is -0.170. The molecule has 13 heavy (non-hydrogen) atoms. The highest BCUT2D eigenvalue weighted by Crippen LogP contribution is 1.94. The van der Waals surface area contributed by atoms with E-state index in [0.29, 0.717) is 5.88 Å². The van der Waals surface area contributed by atoms with Crippen LogP contribution in [0.2, 0.25) is 0 Å². The zero-order valence-electron chi connectivity index (χ0n) is 9.10. The Balaban J connectivity index is 4.27. The van der Waals surface area contributed by atoms with Crippen LogP contribution in [0.25, 0.3) is 0 Å². The van der Waals surface area contributed by atoms with E-state index < -0.39 is 0 Å². The smallest absolute Gasteiger partial charge is 0.281 e. The van der Waals surface area contributed by atoms with Gasteiger partial charge in [0.15, 0.2) is 6.04 Å². The molecule has 1 unspecified atom stereocenters. The first-order valence-corrected chi connectivity index (χ1v) is 4.94. The Morgan fingerprint density at radius 1 is 1.46 bits per heavy atom. The average molecular weight is 208 g/mol. The maximum Gasteiger partial charge on any atom is 0.281 e. The van der Waals surface area contributed by atoms with Crippen LogP contribution < -0.4 is 5.32 Å². The topological polar surface area (TPSA) is 36.9 Å². The Kier molecular flexibility index (Phi) is 4.71. The van der Waals surface area contributed by atoms with E-state index in [-0.39, 0.29) is 17.5 Å². The highest BCUT2D eigenvalue weighted by atomic mass is 35.5. The summed E-state index contributed by atoms with van der Waals surface area (Å²) >= 11 is 5.73. The van der Waals surface area contributed by atoms with Gasteiger partial charge in [-0.3, -0.25) is 4.79 Å². The first-order valence-electron chi connectivity index (χ1n) is 4.41. The van der Waals surface area contributed by atoms with Crippen LogP contribution in [0.4, 0.5) is 0 Å². The zero-order valence-corrected chi connectivity index (χ0v) is 9.85. The molecule has 2 N–H and O–H groups in total. The second kappa shape index (κ2) is 4.82. The molecule has 0 heterocycles. The number of carbonyl (C=O) groups is 1. The van der Waals surface area contributed by atoms with Gasteiger partial charge in [0.1, 0.15) is 0 Å². The van der Waals surface area contributed by atoms with Gasteiger partial charge in [-0.05, 0) is 20.8 Å².